The van der Waals surface area contributed by atoms with Gasteiger partial charge in [0, 0.05) is 35.1 Å². The van der Waals surface area contributed by atoms with E-state index in [1.807, 2.05) is 30.5 Å². The molecule has 0 spiro atoms. The minimum absolute atomic E-state index is 0.0275. The van der Waals surface area contributed by atoms with Crippen molar-refractivity contribution in [1.29, 1.82) is 0 Å². The third-order valence-corrected chi connectivity index (χ3v) is 5.25. The Kier molecular flexibility index (Phi) is 6.95. The zero-order valence-electron chi connectivity index (χ0n) is 16.2. The molecular formula is C20H22Cl2N4O3. The highest BCUT2D eigenvalue weighted by Crippen LogP contribution is 2.28. The third kappa shape index (κ3) is 5.18. The van der Waals surface area contributed by atoms with Gasteiger partial charge in [0.1, 0.15) is 0 Å². The lowest BCUT2D eigenvalue weighted by molar-refractivity contribution is -0.139. The molecule has 1 aromatic carbocycles. The van der Waals surface area contributed by atoms with Gasteiger partial charge in [0.05, 0.1) is 23.0 Å². The Morgan fingerprint density at radius 1 is 1.28 bits per heavy atom. The van der Waals surface area contributed by atoms with E-state index < -0.39 is 11.8 Å². The maximum absolute atomic E-state index is 11.9. The molecule has 2 heterocycles. The Hall–Kier alpha value is -2.35. The van der Waals surface area contributed by atoms with Gasteiger partial charge in [-0.25, -0.2) is 5.43 Å². The molecule has 0 radical (unpaired) electrons. The summed E-state index contributed by atoms with van der Waals surface area (Å²) in [6, 6.07) is 7.20. The number of aryl methyl sites for hydroxylation is 1. The Bertz CT molecular complexity index is 949. The second-order valence-corrected chi connectivity index (χ2v) is 7.65. The van der Waals surface area contributed by atoms with Crippen LogP contribution < -0.4 is 10.7 Å². The van der Waals surface area contributed by atoms with Gasteiger partial charge >= 0.3 is 11.8 Å². The van der Waals surface area contributed by atoms with Gasteiger partial charge in [0.25, 0.3) is 0 Å². The molecule has 29 heavy (non-hydrogen) atoms. The van der Waals surface area contributed by atoms with E-state index in [0.717, 1.165) is 35.5 Å². The van der Waals surface area contributed by atoms with Crippen LogP contribution in [0.4, 0.5) is 0 Å². The number of amides is 2. The first-order chi connectivity index (χ1) is 13.9. The van der Waals surface area contributed by atoms with Crippen LogP contribution in [0, 0.1) is 13.8 Å². The van der Waals surface area contributed by atoms with Crippen LogP contribution in [0.3, 0.4) is 0 Å². The molecule has 2 N–H and O–H groups in total. The molecule has 0 unspecified atom stereocenters. The first-order valence-corrected chi connectivity index (χ1v) is 9.99. The first kappa shape index (κ1) is 21.4. The summed E-state index contributed by atoms with van der Waals surface area (Å²) in [5, 5.41) is 7.54. The van der Waals surface area contributed by atoms with Crippen molar-refractivity contribution in [3.8, 4) is 5.69 Å². The SMILES string of the molecule is Cc1cc(/C=N\NC(=O)C(=O)NC[C@H]2CCCO2)c(C)n1-c1ccc(Cl)cc1Cl. The molecule has 2 amide bonds. The minimum atomic E-state index is -0.825. The molecule has 3 rings (SSSR count). The van der Waals surface area contributed by atoms with Crippen molar-refractivity contribution in [3.05, 3.63) is 51.3 Å². The minimum Gasteiger partial charge on any atom is -0.376 e. The standard InChI is InChI=1S/C20H22Cl2N4O3/c1-12-8-14(13(2)26(12)18-6-5-15(21)9-17(18)22)10-24-25-20(28)19(27)23-11-16-4-3-7-29-16/h5-6,8-10,16H,3-4,7,11H2,1-2H3,(H,23,27)(H,25,28)/b24-10-/t16-/m1/s1. The number of aromatic nitrogens is 1. The lowest BCUT2D eigenvalue weighted by Crippen LogP contribution is -2.41. The highest BCUT2D eigenvalue weighted by atomic mass is 35.5. The summed E-state index contributed by atoms with van der Waals surface area (Å²) in [6.45, 7) is 4.86. The summed E-state index contributed by atoms with van der Waals surface area (Å²) in [5.41, 5.74) is 5.65. The van der Waals surface area contributed by atoms with Crippen LogP contribution in [0.1, 0.15) is 29.8 Å². The molecule has 1 saturated heterocycles. The number of hydrogen-bond acceptors (Lipinski definition) is 4. The van der Waals surface area contributed by atoms with Crippen molar-refractivity contribution in [2.24, 2.45) is 5.10 Å². The van der Waals surface area contributed by atoms with E-state index in [9.17, 15) is 9.59 Å². The van der Waals surface area contributed by atoms with Crippen molar-refractivity contribution in [2.45, 2.75) is 32.8 Å². The van der Waals surface area contributed by atoms with Crippen LogP contribution in [-0.4, -0.2) is 41.9 Å². The molecule has 0 aliphatic carbocycles. The van der Waals surface area contributed by atoms with Crippen LogP contribution in [0.2, 0.25) is 10.0 Å². The van der Waals surface area contributed by atoms with Crippen LogP contribution in [-0.2, 0) is 14.3 Å². The number of hydrazone groups is 1. The molecule has 0 bridgehead atoms. The molecule has 2 aromatic rings. The number of nitrogens with zero attached hydrogens (tertiary/aromatic N) is 2. The van der Waals surface area contributed by atoms with Crippen LogP contribution in [0.25, 0.3) is 5.69 Å². The number of carbonyl (C=O) groups excluding carboxylic acids is 2. The molecule has 7 nitrogen and oxygen atoms in total. The fourth-order valence-electron chi connectivity index (χ4n) is 3.25. The molecule has 1 aliphatic heterocycles. The second kappa shape index (κ2) is 9.43. The van der Waals surface area contributed by atoms with Crippen molar-refractivity contribution >= 4 is 41.2 Å². The molecule has 154 valence electrons. The van der Waals surface area contributed by atoms with E-state index in [-0.39, 0.29) is 6.10 Å². The van der Waals surface area contributed by atoms with Gasteiger partial charge in [-0.1, -0.05) is 23.2 Å². The van der Waals surface area contributed by atoms with Crippen molar-refractivity contribution in [1.82, 2.24) is 15.3 Å². The van der Waals surface area contributed by atoms with Gasteiger partial charge in [0.2, 0.25) is 0 Å². The highest BCUT2D eigenvalue weighted by Gasteiger charge is 2.19. The van der Waals surface area contributed by atoms with Crippen molar-refractivity contribution < 1.29 is 14.3 Å². The topological polar surface area (TPSA) is 84.7 Å². The zero-order valence-corrected chi connectivity index (χ0v) is 17.7. The largest absolute Gasteiger partial charge is 0.376 e. The molecular weight excluding hydrogens is 415 g/mol. The van der Waals surface area contributed by atoms with Crippen LogP contribution in [0.5, 0.6) is 0 Å². The Labute approximate surface area is 179 Å². The number of ether oxygens (including phenoxy) is 1. The summed E-state index contributed by atoms with van der Waals surface area (Å²) in [7, 11) is 0. The number of carbonyl (C=O) groups is 2. The fraction of sp³-hybridized carbons (Fsp3) is 0.350. The number of benzene rings is 1. The highest BCUT2D eigenvalue weighted by molar-refractivity contribution is 6.36. The Balaban J connectivity index is 1.63. The Morgan fingerprint density at radius 2 is 2.07 bits per heavy atom. The number of rotatable bonds is 5. The predicted molar refractivity (Wildman–Crippen MR) is 113 cm³/mol. The van der Waals surface area contributed by atoms with Crippen molar-refractivity contribution in [2.75, 3.05) is 13.2 Å². The number of nitrogens with one attached hydrogen (secondary N) is 2. The molecule has 9 heteroatoms. The monoisotopic (exact) mass is 436 g/mol. The summed E-state index contributed by atoms with van der Waals surface area (Å²) in [5.74, 6) is -1.56. The van der Waals surface area contributed by atoms with E-state index in [0.29, 0.717) is 23.2 Å². The Morgan fingerprint density at radius 3 is 2.76 bits per heavy atom. The van der Waals surface area contributed by atoms with Gasteiger partial charge < -0.3 is 14.6 Å². The lowest BCUT2D eigenvalue weighted by atomic mass is 10.2. The molecule has 1 aromatic heterocycles. The third-order valence-electron chi connectivity index (χ3n) is 4.71. The van der Waals surface area contributed by atoms with Crippen LogP contribution >= 0.6 is 23.2 Å². The van der Waals surface area contributed by atoms with E-state index >= 15 is 0 Å². The predicted octanol–water partition coefficient (Wildman–Crippen LogP) is 3.15. The maximum Gasteiger partial charge on any atom is 0.329 e. The van der Waals surface area contributed by atoms with Gasteiger partial charge in [-0.2, -0.15) is 5.10 Å². The van der Waals surface area contributed by atoms with Crippen molar-refractivity contribution in [3.63, 3.8) is 0 Å². The molecule has 1 atom stereocenters. The first-order valence-electron chi connectivity index (χ1n) is 9.24. The number of hydrogen-bond donors (Lipinski definition) is 2. The zero-order chi connectivity index (χ0) is 21.0. The summed E-state index contributed by atoms with van der Waals surface area (Å²) in [4.78, 5) is 23.7. The van der Waals surface area contributed by atoms with Gasteiger partial charge in [-0.15, -0.1) is 0 Å². The van der Waals surface area contributed by atoms with E-state index in [2.05, 4.69) is 15.8 Å². The second-order valence-electron chi connectivity index (χ2n) is 6.80. The maximum atomic E-state index is 11.9. The average Bonchev–Trinajstić information content (AvgIpc) is 3.29. The van der Waals surface area contributed by atoms with Gasteiger partial charge in [-0.05, 0) is 51.0 Å². The smallest absolute Gasteiger partial charge is 0.329 e. The summed E-state index contributed by atoms with van der Waals surface area (Å²) >= 11 is 12.3. The van der Waals surface area contributed by atoms with E-state index in [1.54, 1.807) is 12.1 Å². The summed E-state index contributed by atoms with van der Waals surface area (Å²) in [6.07, 6.45) is 3.32. The average molecular weight is 437 g/mol. The van der Waals surface area contributed by atoms with Gasteiger partial charge in [0.15, 0.2) is 0 Å². The summed E-state index contributed by atoms with van der Waals surface area (Å²) < 4.78 is 7.37. The number of halogens is 2. The van der Waals surface area contributed by atoms with Gasteiger partial charge in [-0.3, -0.25) is 9.59 Å². The molecule has 1 fully saturated rings. The molecule has 0 saturated carbocycles. The quantitative estimate of drug-likeness (QED) is 0.428. The normalized spacial score (nSPS) is 16.3. The van der Waals surface area contributed by atoms with E-state index in [1.165, 1.54) is 6.21 Å². The lowest BCUT2D eigenvalue weighted by Gasteiger charge is -2.11. The molecule has 1 aliphatic rings. The fourth-order valence-corrected chi connectivity index (χ4v) is 3.75. The van der Waals surface area contributed by atoms with Crippen LogP contribution in [0.15, 0.2) is 29.4 Å². The van der Waals surface area contributed by atoms with E-state index in [4.69, 9.17) is 27.9 Å².